The Bertz CT molecular complexity index is 563. The van der Waals surface area contributed by atoms with Crippen molar-refractivity contribution < 1.29 is 14.1 Å². The van der Waals surface area contributed by atoms with E-state index >= 15 is 0 Å². The van der Waals surface area contributed by atoms with Crippen molar-refractivity contribution in [3.8, 4) is 0 Å². The van der Waals surface area contributed by atoms with Crippen LogP contribution in [0.1, 0.15) is 6.92 Å². The van der Waals surface area contributed by atoms with Crippen LogP contribution in [0.15, 0.2) is 41.1 Å². The fraction of sp³-hybridized carbons (Fsp3) is 0.0833. The molecule has 2 rings (SSSR count). The number of carbonyl (C=O) groups excluding carboxylic acids is 2. The minimum absolute atomic E-state index is 0.149. The molecule has 0 bridgehead atoms. The number of rotatable bonds is 3. The van der Waals surface area contributed by atoms with Gasteiger partial charge < -0.3 is 15.2 Å². The van der Waals surface area contributed by atoms with Crippen molar-refractivity contribution in [2.45, 2.75) is 6.92 Å². The molecule has 1 aromatic heterocycles. The SMILES string of the molecule is CC(=O)Nc1ccc(NC(=O)Nc2ccon2)cc1. The molecule has 0 fully saturated rings. The van der Waals surface area contributed by atoms with Crippen LogP contribution >= 0.6 is 0 Å². The number of aromatic nitrogens is 1. The first-order valence-corrected chi connectivity index (χ1v) is 5.49. The van der Waals surface area contributed by atoms with Gasteiger partial charge in [-0.3, -0.25) is 10.1 Å². The Kier molecular flexibility index (Phi) is 3.77. The molecule has 3 amide bonds. The number of carbonyl (C=O) groups is 2. The fourth-order valence-electron chi connectivity index (χ4n) is 1.40. The largest absolute Gasteiger partial charge is 0.363 e. The summed E-state index contributed by atoms with van der Waals surface area (Å²) in [6, 6.07) is 7.82. The van der Waals surface area contributed by atoms with Crippen LogP contribution in [0.5, 0.6) is 0 Å². The molecular weight excluding hydrogens is 248 g/mol. The third kappa shape index (κ3) is 3.84. The second kappa shape index (κ2) is 5.67. The molecule has 0 aliphatic rings. The maximum Gasteiger partial charge on any atom is 0.324 e. The molecule has 0 aliphatic carbocycles. The zero-order valence-electron chi connectivity index (χ0n) is 10.1. The molecule has 3 N–H and O–H groups in total. The Morgan fingerprint density at radius 2 is 1.63 bits per heavy atom. The van der Waals surface area contributed by atoms with Crippen LogP contribution in [-0.2, 0) is 4.79 Å². The van der Waals surface area contributed by atoms with E-state index in [1.54, 1.807) is 24.3 Å². The van der Waals surface area contributed by atoms with Gasteiger partial charge in [-0.15, -0.1) is 0 Å². The summed E-state index contributed by atoms with van der Waals surface area (Å²) in [5.74, 6) is 0.178. The lowest BCUT2D eigenvalue weighted by atomic mass is 10.3. The van der Waals surface area contributed by atoms with Crippen molar-refractivity contribution in [1.29, 1.82) is 0 Å². The maximum atomic E-state index is 11.6. The lowest BCUT2D eigenvalue weighted by molar-refractivity contribution is -0.114. The Balaban J connectivity index is 1.92. The monoisotopic (exact) mass is 260 g/mol. The van der Waals surface area contributed by atoms with E-state index in [4.69, 9.17) is 0 Å². The lowest BCUT2D eigenvalue weighted by Crippen LogP contribution is -2.19. The van der Waals surface area contributed by atoms with Gasteiger partial charge in [0.05, 0.1) is 0 Å². The van der Waals surface area contributed by atoms with Crippen LogP contribution in [0, 0.1) is 0 Å². The number of hydrogen-bond donors (Lipinski definition) is 3. The molecule has 0 spiro atoms. The summed E-state index contributed by atoms with van der Waals surface area (Å²) in [5, 5.41) is 11.3. The van der Waals surface area contributed by atoms with Gasteiger partial charge in [0.2, 0.25) is 5.91 Å². The highest BCUT2D eigenvalue weighted by molar-refractivity contribution is 5.99. The van der Waals surface area contributed by atoms with E-state index in [1.165, 1.54) is 19.3 Å². The lowest BCUT2D eigenvalue weighted by Gasteiger charge is -2.06. The van der Waals surface area contributed by atoms with Gasteiger partial charge >= 0.3 is 6.03 Å². The number of benzene rings is 1. The normalized spacial score (nSPS) is 9.74. The van der Waals surface area contributed by atoms with Gasteiger partial charge in [0.25, 0.3) is 0 Å². The number of amides is 3. The standard InChI is InChI=1S/C12H12N4O3/c1-8(17)13-9-2-4-10(5-3-9)14-12(18)15-11-6-7-19-16-11/h2-7H,1H3,(H,13,17)(H2,14,15,16,18). The van der Waals surface area contributed by atoms with Crippen LogP contribution in [0.4, 0.5) is 22.0 Å². The molecule has 0 saturated heterocycles. The summed E-state index contributed by atoms with van der Waals surface area (Å²) in [4.78, 5) is 22.4. The predicted octanol–water partition coefficient (Wildman–Crippen LogP) is 2.28. The number of hydrogen-bond acceptors (Lipinski definition) is 4. The van der Waals surface area contributed by atoms with Crippen molar-refractivity contribution in [1.82, 2.24) is 5.16 Å². The number of urea groups is 1. The molecule has 7 nitrogen and oxygen atoms in total. The van der Waals surface area contributed by atoms with Gasteiger partial charge in [0.1, 0.15) is 6.26 Å². The summed E-state index contributed by atoms with van der Waals surface area (Å²) in [5.41, 5.74) is 1.25. The molecule has 1 aromatic carbocycles. The van der Waals surface area contributed by atoms with Crippen LogP contribution in [0.2, 0.25) is 0 Å². The van der Waals surface area contributed by atoms with Gasteiger partial charge in [0, 0.05) is 24.4 Å². The van der Waals surface area contributed by atoms with Gasteiger partial charge in [0.15, 0.2) is 5.82 Å². The Hall–Kier alpha value is -2.83. The topological polar surface area (TPSA) is 96.3 Å². The highest BCUT2D eigenvalue weighted by Gasteiger charge is 2.04. The van der Waals surface area contributed by atoms with Gasteiger partial charge in [-0.25, -0.2) is 4.79 Å². The average molecular weight is 260 g/mol. The van der Waals surface area contributed by atoms with E-state index < -0.39 is 6.03 Å². The smallest absolute Gasteiger partial charge is 0.324 e. The second-order valence-electron chi connectivity index (χ2n) is 3.72. The van der Waals surface area contributed by atoms with Crippen molar-refractivity contribution in [3.05, 3.63) is 36.6 Å². The fourth-order valence-corrected chi connectivity index (χ4v) is 1.40. The van der Waals surface area contributed by atoms with Gasteiger partial charge in [-0.05, 0) is 24.3 Å². The minimum atomic E-state index is -0.429. The van der Waals surface area contributed by atoms with Crippen LogP contribution in [0.25, 0.3) is 0 Å². The van der Waals surface area contributed by atoms with Crippen LogP contribution in [-0.4, -0.2) is 17.1 Å². The van der Waals surface area contributed by atoms with Crippen molar-refractivity contribution >= 4 is 29.1 Å². The highest BCUT2D eigenvalue weighted by atomic mass is 16.5. The maximum absolute atomic E-state index is 11.6. The van der Waals surface area contributed by atoms with E-state index in [1.807, 2.05) is 0 Å². The molecule has 0 atom stereocenters. The summed E-state index contributed by atoms with van der Waals surface area (Å²) in [6.45, 7) is 1.43. The van der Waals surface area contributed by atoms with Gasteiger partial charge in [-0.2, -0.15) is 0 Å². The average Bonchev–Trinajstić information content (AvgIpc) is 2.83. The third-order valence-electron chi connectivity index (χ3n) is 2.14. The van der Waals surface area contributed by atoms with E-state index in [0.29, 0.717) is 17.2 Å². The molecule has 0 unspecified atom stereocenters. The van der Waals surface area contributed by atoms with E-state index in [0.717, 1.165) is 0 Å². The molecule has 0 saturated carbocycles. The van der Waals surface area contributed by atoms with Crippen molar-refractivity contribution in [2.75, 3.05) is 16.0 Å². The molecule has 0 radical (unpaired) electrons. The second-order valence-corrected chi connectivity index (χ2v) is 3.72. The Morgan fingerprint density at radius 3 is 2.16 bits per heavy atom. The zero-order chi connectivity index (χ0) is 13.7. The molecule has 98 valence electrons. The Morgan fingerprint density at radius 1 is 1.00 bits per heavy atom. The summed E-state index contributed by atoms with van der Waals surface area (Å²) >= 11 is 0. The van der Waals surface area contributed by atoms with Crippen LogP contribution < -0.4 is 16.0 Å². The van der Waals surface area contributed by atoms with Crippen LogP contribution in [0.3, 0.4) is 0 Å². The highest BCUT2D eigenvalue weighted by Crippen LogP contribution is 2.13. The Labute approximate surface area is 109 Å². The van der Waals surface area contributed by atoms with Crippen molar-refractivity contribution in [2.24, 2.45) is 0 Å². The first kappa shape index (κ1) is 12.6. The third-order valence-corrected chi connectivity index (χ3v) is 2.14. The van der Waals surface area contributed by atoms with Gasteiger partial charge in [-0.1, -0.05) is 5.16 Å². The summed E-state index contributed by atoms with van der Waals surface area (Å²) < 4.78 is 4.59. The first-order chi connectivity index (χ1) is 9.13. The molecule has 1 heterocycles. The minimum Gasteiger partial charge on any atom is -0.363 e. The number of anilines is 3. The summed E-state index contributed by atoms with van der Waals surface area (Å²) in [7, 11) is 0. The molecule has 2 aromatic rings. The zero-order valence-corrected chi connectivity index (χ0v) is 10.1. The molecule has 19 heavy (non-hydrogen) atoms. The quantitative estimate of drug-likeness (QED) is 0.788. The van der Waals surface area contributed by atoms with E-state index in [9.17, 15) is 9.59 Å². The molecular formula is C12H12N4O3. The number of nitrogens with one attached hydrogen (secondary N) is 3. The molecule has 0 aliphatic heterocycles. The summed E-state index contributed by atoms with van der Waals surface area (Å²) in [6.07, 6.45) is 1.36. The molecule has 7 heteroatoms. The number of nitrogens with zero attached hydrogens (tertiary/aromatic N) is 1. The van der Waals surface area contributed by atoms with Crippen molar-refractivity contribution in [3.63, 3.8) is 0 Å². The van der Waals surface area contributed by atoms with E-state index in [-0.39, 0.29) is 5.91 Å². The van der Waals surface area contributed by atoms with E-state index in [2.05, 4.69) is 25.6 Å². The first-order valence-electron chi connectivity index (χ1n) is 5.49. The predicted molar refractivity (Wildman–Crippen MR) is 69.9 cm³/mol.